The minimum Gasteiger partial charge on any atom is -0.506 e. The van der Waals surface area contributed by atoms with Crippen molar-refractivity contribution >= 4 is 35.1 Å². The van der Waals surface area contributed by atoms with E-state index in [4.69, 9.17) is 23.2 Å². The van der Waals surface area contributed by atoms with Gasteiger partial charge in [0.15, 0.2) is 0 Å². The minimum atomic E-state index is -0.0154. The zero-order valence-electron chi connectivity index (χ0n) is 9.69. The fraction of sp³-hybridized carbons (Fsp3) is 0.0714. The van der Waals surface area contributed by atoms with E-state index in [2.05, 4.69) is 4.99 Å². The fourth-order valence-corrected chi connectivity index (χ4v) is 2.04. The molecular formula is C14H11Cl2NO. The molecule has 2 nitrogen and oxygen atoms in total. The number of rotatable bonds is 2. The molecule has 4 heteroatoms. The summed E-state index contributed by atoms with van der Waals surface area (Å²) in [5.74, 6) is -0.0154. The van der Waals surface area contributed by atoms with Crippen molar-refractivity contribution in [1.29, 1.82) is 0 Å². The average Bonchev–Trinajstić information content (AvgIpc) is 2.33. The summed E-state index contributed by atoms with van der Waals surface area (Å²) in [6.45, 7) is 1.97. The normalized spacial score (nSPS) is 11.1. The van der Waals surface area contributed by atoms with Crippen LogP contribution in [-0.4, -0.2) is 11.3 Å². The molecule has 1 N–H and O–H groups in total. The molecule has 0 saturated carbocycles. The van der Waals surface area contributed by atoms with Crippen molar-refractivity contribution < 1.29 is 5.11 Å². The maximum Gasteiger partial charge on any atom is 0.143 e. The lowest BCUT2D eigenvalue weighted by molar-refractivity contribution is 0.475. The molecule has 0 aliphatic heterocycles. The molecule has 0 aliphatic rings. The predicted octanol–water partition coefficient (Wildman–Crippen LogP) is 4.76. The van der Waals surface area contributed by atoms with Crippen molar-refractivity contribution in [2.24, 2.45) is 4.99 Å². The molecule has 2 rings (SSSR count). The number of hydrogen-bond acceptors (Lipinski definition) is 2. The Hall–Kier alpha value is -1.51. The molecule has 92 valence electrons. The monoisotopic (exact) mass is 279 g/mol. The van der Waals surface area contributed by atoms with Gasteiger partial charge in [0.2, 0.25) is 0 Å². The van der Waals surface area contributed by atoms with Crippen LogP contribution in [0.15, 0.2) is 41.4 Å². The van der Waals surface area contributed by atoms with E-state index >= 15 is 0 Å². The summed E-state index contributed by atoms with van der Waals surface area (Å²) in [7, 11) is 0. The molecule has 0 radical (unpaired) electrons. The molecule has 0 fully saturated rings. The molecule has 0 atom stereocenters. The SMILES string of the molecule is Cc1ccccc1N=Cc1cc(Cl)cc(Cl)c1O. The summed E-state index contributed by atoms with van der Waals surface area (Å²) in [4.78, 5) is 4.32. The molecule has 0 saturated heterocycles. The molecule has 0 spiro atoms. The van der Waals surface area contributed by atoms with Crippen LogP contribution in [-0.2, 0) is 0 Å². The van der Waals surface area contributed by atoms with Gasteiger partial charge in [-0.1, -0.05) is 41.4 Å². The van der Waals surface area contributed by atoms with Gasteiger partial charge in [-0.25, -0.2) is 0 Å². The van der Waals surface area contributed by atoms with Gasteiger partial charge < -0.3 is 5.11 Å². The lowest BCUT2D eigenvalue weighted by Gasteiger charge is -2.03. The number of phenolic OH excluding ortho intramolecular Hbond substituents is 1. The maximum atomic E-state index is 9.79. The van der Waals surface area contributed by atoms with E-state index in [9.17, 15) is 5.11 Å². The average molecular weight is 280 g/mol. The maximum absolute atomic E-state index is 9.79. The largest absolute Gasteiger partial charge is 0.506 e. The Kier molecular flexibility index (Phi) is 3.90. The van der Waals surface area contributed by atoms with Gasteiger partial charge in [-0.05, 0) is 30.7 Å². The summed E-state index contributed by atoms with van der Waals surface area (Å²) in [5.41, 5.74) is 2.39. The second-order valence-electron chi connectivity index (χ2n) is 3.87. The number of benzene rings is 2. The second kappa shape index (κ2) is 5.42. The third-order valence-electron chi connectivity index (χ3n) is 2.52. The van der Waals surface area contributed by atoms with Crippen LogP contribution in [0.25, 0.3) is 0 Å². The van der Waals surface area contributed by atoms with Gasteiger partial charge in [0.25, 0.3) is 0 Å². The topological polar surface area (TPSA) is 32.6 Å². The molecule has 0 amide bonds. The van der Waals surface area contributed by atoms with Crippen molar-refractivity contribution in [3.8, 4) is 5.75 Å². The second-order valence-corrected chi connectivity index (χ2v) is 4.71. The van der Waals surface area contributed by atoms with Gasteiger partial charge in [0.1, 0.15) is 5.75 Å². The van der Waals surface area contributed by atoms with Crippen LogP contribution in [0.3, 0.4) is 0 Å². The third kappa shape index (κ3) is 2.84. The number of halogens is 2. The fourth-order valence-electron chi connectivity index (χ4n) is 1.53. The Bertz CT molecular complexity index is 609. The van der Waals surface area contributed by atoms with Crippen LogP contribution in [0, 0.1) is 6.92 Å². The van der Waals surface area contributed by atoms with Crippen molar-refractivity contribution in [1.82, 2.24) is 0 Å². The van der Waals surface area contributed by atoms with Crippen molar-refractivity contribution in [3.63, 3.8) is 0 Å². The van der Waals surface area contributed by atoms with Gasteiger partial charge in [0.05, 0.1) is 10.7 Å². The smallest absolute Gasteiger partial charge is 0.143 e. The third-order valence-corrected chi connectivity index (χ3v) is 3.02. The van der Waals surface area contributed by atoms with Crippen LogP contribution in [0.4, 0.5) is 5.69 Å². The lowest BCUT2D eigenvalue weighted by atomic mass is 10.2. The van der Waals surface area contributed by atoms with Crippen LogP contribution >= 0.6 is 23.2 Å². The molecule has 0 aliphatic carbocycles. The van der Waals surface area contributed by atoms with Crippen LogP contribution in [0.2, 0.25) is 10.0 Å². The number of para-hydroxylation sites is 1. The minimum absolute atomic E-state index is 0.0154. The summed E-state index contributed by atoms with van der Waals surface area (Å²) in [5, 5.41) is 10.5. The van der Waals surface area contributed by atoms with E-state index in [1.807, 2.05) is 31.2 Å². The van der Waals surface area contributed by atoms with Gasteiger partial charge in [-0.2, -0.15) is 0 Å². The van der Waals surface area contributed by atoms with E-state index in [-0.39, 0.29) is 10.8 Å². The molecule has 0 heterocycles. The van der Waals surface area contributed by atoms with E-state index in [0.717, 1.165) is 11.3 Å². The Morgan fingerprint density at radius 2 is 1.89 bits per heavy atom. The standard InChI is InChI=1S/C14H11Cl2NO/c1-9-4-2-3-5-13(9)17-8-10-6-11(15)7-12(16)14(10)18/h2-8,18H,1H3. The lowest BCUT2D eigenvalue weighted by Crippen LogP contribution is -1.84. The molecule has 2 aromatic rings. The Morgan fingerprint density at radius 3 is 2.61 bits per heavy atom. The van der Waals surface area contributed by atoms with E-state index < -0.39 is 0 Å². The van der Waals surface area contributed by atoms with Crippen molar-refractivity contribution in [2.45, 2.75) is 6.92 Å². The predicted molar refractivity (Wildman–Crippen MR) is 76.6 cm³/mol. The zero-order valence-corrected chi connectivity index (χ0v) is 11.2. The summed E-state index contributed by atoms with van der Waals surface area (Å²) in [6.07, 6.45) is 1.55. The van der Waals surface area contributed by atoms with Gasteiger partial charge in [-0.3, -0.25) is 4.99 Å². The summed E-state index contributed by atoms with van der Waals surface area (Å²) >= 11 is 11.7. The molecule has 18 heavy (non-hydrogen) atoms. The van der Waals surface area contributed by atoms with E-state index in [0.29, 0.717) is 10.6 Å². The highest BCUT2D eigenvalue weighted by Gasteiger charge is 2.05. The number of aryl methyl sites for hydroxylation is 1. The first-order valence-electron chi connectivity index (χ1n) is 5.35. The first-order chi connectivity index (χ1) is 8.58. The molecule has 0 unspecified atom stereocenters. The number of phenols is 1. The highest BCUT2D eigenvalue weighted by atomic mass is 35.5. The van der Waals surface area contributed by atoms with Crippen LogP contribution < -0.4 is 0 Å². The number of hydrogen-bond donors (Lipinski definition) is 1. The molecule has 0 aromatic heterocycles. The Morgan fingerprint density at radius 1 is 1.17 bits per heavy atom. The number of aromatic hydroxyl groups is 1. The van der Waals surface area contributed by atoms with Crippen molar-refractivity contribution in [3.05, 3.63) is 57.6 Å². The number of aliphatic imine (C=N–C) groups is 1. The number of nitrogens with zero attached hydrogens (tertiary/aromatic N) is 1. The van der Waals surface area contributed by atoms with Crippen LogP contribution in [0.5, 0.6) is 5.75 Å². The first-order valence-corrected chi connectivity index (χ1v) is 6.11. The Labute approximate surface area is 116 Å². The van der Waals surface area contributed by atoms with E-state index in [1.165, 1.54) is 6.07 Å². The van der Waals surface area contributed by atoms with Gasteiger partial charge in [0, 0.05) is 16.8 Å². The van der Waals surface area contributed by atoms with Gasteiger partial charge in [-0.15, -0.1) is 0 Å². The van der Waals surface area contributed by atoms with Crippen LogP contribution in [0.1, 0.15) is 11.1 Å². The molecule has 0 bridgehead atoms. The van der Waals surface area contributed by atoms with E-state index in [1.54, 1.807) is 12.3 Å². The van der Waals surface area contributed by atoms with Crippen molar-refractivity contribution in [2.75, 3.05) is 0 Å². The highest BCUT2D eigenvalue weighted by molar-refractivity contribution is 6.36. The molecular weight excluding hydrogens is 269 g/mol. The van der Waals surface area contributed by atoms with Gasteiger partial charge >= 0.3 is 0 Å². The first kappa shape index (κ1) is 12.9. The zero-order chi connectivity index (χ0) is 13.1. The Balaban J connectivity index is 2.38. The molecule has 2 aromatic carbocycles. The highest BCUT2D eigenvalue weighted by Crippen LogP contribution is 2.30. The summed E-state index contributed by atoms with van der Waals surface area (Å²) < 4.78 is 0. The quantitative estimate of drug-likeness (QED) is 0.790. The summed E-state index contributed by atoms with van der Waals surface area (Å²) in [6, 6.07) is 10.8.